The van der Waals surface area contributed by atoms with Crippen molar-refractivity contribution >= 4 is 17.3 Å². The van der Waals surface area contributed by atoms with Gasteiger partial charge in [-0.1, -0.05) is 24.3 Å². The van der Waals surface area contributed by atoms with E-state index in [1.807, 2.05) is 24.3 Å². The number of halogens is 3. The molecule has 0 unspecified atom stereocenters. The zero-order valence-electron chi connectivity index (χ0n) is 18.0. The SMILES string of the molecule is O=C(Cc1ccccn1)N(c1ccccc1)c1ccc(-n2nc(C(F)(F)F)cc2C2CC2)nc1. The average Bonchev–Trinajstić information content (AvgIpc) is 3.58. The van der Waals surface area contributed by atoms with E-state index in [1.165, 1.54) is 15.8 Å². The first-order valence-corrected chi connectivity index (χ1v) is 10.8. The molecule has 1 aliphatic carbocycles. The molecular weight excluding hydrogens is 443 g/mol. The molecule has 4 aromatic rings. The van der Waals surface area contributed by atoms with E-state index in [0.29, 0.717) is 22.8 Å². The number of amides is 1. The lowest BCUT2D eigenvalue weighted by Gasteiger charge is -2.23. The van der Waals surface area contributed by atoms with Gasteiger partial charge in [-0.15, -0.1) is 0 Å². The minimum Gasteiger partial charge on any atom is -0.279 e. The number of carbonyl (C=O) groups excluding carboxylic acids is 1. The third kappa shape index (κ3) is 4.54. The smallest absolute Gasteiger partial charge is 0.279 e. The van der Waals surface area contributed by atoms with E-state index < -0.39 is 11.9 Å². The van der Waals surface area contributed by atoms with Gasteiger partial charge in [0.05, 0.1) is 18.3 Å². The number of hydrogen-bond donors (Lipinski definition) is 0. The Hall–Kier alpha value is -4.01. The largest absolute Gasteiger partial charge is 0.435 e. The highest BCUT2D eigenvalue weighted by molar-refractivity contribution is 6.01. The third-order valence-electron chi connectivity index (χ3n) is 5.55. The van der Waals surface area contributed by atoms with Gasteiger partial charge in [0, 0.05) is 29.2 Å². The number of nitrogens with zero attached hydrogens (tertiary/aromatic N) is 5. The van der Waals surface area contributed by atoms with Gasteiger partial charge in [0.15, 0.2) is 11.5 Å². The first-order chi connectivity index (χ1) is 16.4. The summed E-state index contributed by atoms with van der Waals surface area (Å²) in [6, 6.07) is 18.8. The average molecular weight is 463 g/mol. The number of hydrogen-bond acceptors (Lipinski definition) is 4. The Labute approximate surface area is 193 Å². The van der Waals surface area contributed by atoms with Crippen LogP contribution in [0.5, 0.6) is 0 Å². The maximum atomic E-state index is 13.3. The molecule has 172 valence electrons. The van der Waals surface area contributed by atoms with Crippen LogP contribution in [-0.4, -0.2) is 25.7 Å². The van der Waals surface area contributed by atoms with Crippen molar-refractivity contribution in [3.8, 4) is 5.82 Å². The molecule has 1 aromatic carbocycles. The van der Waals surface area contributed by atoms with Crippen LogP contribution in [0.15, 0.2) is 79.1 Å². The number of rotatable bonds is 6. The maximum absolute atomic E-state index is 13.3. The van der Waals surface area contributed by atoms with Crippen LogP contribution in [0.4, 0.5) is 24.5 Å². The topological polar surface area (TPSA) is 63.9 Å². The standard InChI is InChI=1S/C25H20F3N5O/c26-25(27,28)22-15-21(17-9-10-17)33(31-22)23-12-11-20(16-30-23)32(19-7-2-1-3-8-19)24(34)14-18-6-4-5-13-29-18/h1-8,11-13,15-17H,9-10,14H2. The maximum Gasteiger partial charge on any atom is 0.435 e. The van der Waals surface area contributed by atoms with Gasteiger partial charge in [-0.3, -0.25) is 14.7 Å². The monoisotopic (exact) mass is 463 g/mol. The van der Waals surface area contributed by atoms with E-state index in [0.717, 1.165) is 18.9 Å². The summed E-state index contributed by atoms with van der Waals surface area (Å²) in [5.41, 5.74) is 1.33. The van der Waals surface area contributed by atoms with Crippen molar-refractivity contribution in [2.24, 2.45) is 0 Å². The first kappa shape index (κ1) is 21.8. The van der Waals surface area contributed by atoms with Crippen LogP contribution in [0.2, 0.25) is 0 Å². The predicted molar refractivity (Wildman–Crippen MR) is 120 cm³/mol. The number of pyridine rings is 2. The normalized spacial score (nSPS) is 13.6. The van der Waals surface area contributed by atoms with Crippen molar-refractivity contribution in [2.45, 2.75) is 31.4 Å². The lowest BCUT2D eigenvalue weighted by atomic mass is 10.2. The molecule has 3 aromatic heterocycles. The minimum atomic E-state index is -4.53. The number of carbonyl (C=O) groups is 1. The Balaban J connectivity index is 1.49. The fraction of sp³-hybridized carbons (Fsp3) is 0.200. The minimum absolute atomic E-state index is 0.0471. The van der Waals surface area contributed by atoms with Crippen molar-refractivity contribution in [1.29, 1.82) is 0 Å². The summed E-state index contributed by atoms with van der Waals surface area (Å²) in [7, 11) is 0. The fourth-order valence-corrected chi connectivity index (χ4v) is 3.77. The second-order valence-electron chi connectivity index (χ2n) is 8.08. The molecule has 0 N–H and O–H groups in total. The molecule has 0 aliphatic heterocycles. The number of aromatic nitrogens is 4. The van der Waals surface area contributed by atoms with Crippen LogP contribution >= 0.6 is 0 Å². The zero-order chi connectivity index (χ0) is 23.7. The molecule has 0 spiro atoms. The molecule has 5 rings (SSSR count). The van der Waals surface area contributed by atoms with Gasteiger partial charge in [0.2, 0.25) is 5.91 Å². The van der Waals surface area contributed by atoms with E-state index >= 15 is 0 Å². The molecule has 1 aliphatic rings. The van der Waals surface area contributed by atoms with Gasteiger partial charge in [-0.25, -0.2) is 9.67 Å². The highest BCUT2D eigenvalue weighted by Gasteiger charge is 2.38. The summed E-state index contributed by atoms with van der Waals surface area (Å²) in [5.74, 6) is 0.105. The van der Waals surface area contributed by atoms with Crippen molar-refractivity contribution < 1.29 is 18.0 Å². The van der Waals surface area contributed by atoms with Gasteiger partial charge in [-0.2, -0.15) is 18.3 Å². The van der Waals surface area contributed by atoms with Crippen LogP contribution in [0.3, 0.4) is 0 Å². The van der Waals surface area contributed by atoms with E-state index in [4.69, 9.17) is 0 Å². The van der Waals surface area contributed by atoms with Gasteiger partial charge in [0.1, 0.15) is 0 Å². The van der Waals surface area contributed by atoms with Crippen LogP contribution in [0.1, 0.15) is 35.8 Å². The van der Waals surface area contributed by atoms with Crippen molar-refractivity contribution in [3.63, 3.8) is 0 Å². The second-order valence-corrected chi connectivity index (χ2v) is 8.08. The molecule has 0 bridgehead atoms. The summed E-state index contributed by atoms with van der Waals surface area (Å²) in [4.78, 5) is 23.4. The van der Waals surface area contributed by atoms with E-state index in [9.17, 15) is 18.0 Å². The lowest BCUT2D eigenvalue weighted by Crippen LogP contribution is -2.28. The summed E-state index contributed by atoms with van der Waals surface area (Å²) in [6.07, 6.45) is 0.302. The van der Waals surface area contributed by atoms with Gasteiger partial charge in [0.25, 0.3) is 0 Å². The number of benzene rings is 1. The molecule has 1 saturated carbocycles. The second kappa shape index (κ2) is 8.74. The summed E-state index contributed by atoms with van der Waals surface area (Å²) < 4.78 is 41.0. The Bertz CT molecular complexity index is 1280. The van der Waals surface area contributed by atoms with E-state index in [2.05, 4.69) is 15.1 Å². The van der Waals surface area contributed by atoms with E-state index in [1.54, 1.807) is 42.6 Å². The molecule has 0 saturated heterocycles. The highest BCUT2D eigenvalue weighted by atomic mass is 19.4. The highest BCUT2D eigenvalue weighted by Crippen LogP contribution is 2.42. The molecule has 1 fully saturated rings. The van der Waals surface area contributed by atoms with Crippen molar-refractivity contribution in [3.05, 3.63) is 96.2 Å². The summed E-state index contributed by atoms with van der Waals surface area (Å²) in [5, 5.41) is 3.78. The molecular formula is C25H20F3N5O. The van der Waals surface area contributed by atoms with Crippen molar-refractivity contribution in [2.75, 3.05) is 4.90 Å². The lowest BCUT2D eigenvalue weighted by molar-refractivity contribution is -0.141. The third-order valence-corrected chi connectivity index (χ3v) is 5.55. The van der Waals surface area contributed by atoms with Crippen LogP contribution < -0.4 is 4.90 Å². The molecule has 0 radical (unpaired) electrons. The molecule has 9 heteroatoms. The Morgan fingerprint density at radius 2 is 1.74 bits per heavy atom. The van der Waals surface area contributed by atoms with Crippen LogP contribution in [0, 0.1) is 0 Å². The quantitative estimate of drug-likeness (QED) is 0.381. The number of para-hydroxylation sites is 1. The van der Waals surface area contributed by atoms with Crippen LogP contribution in [0.25, 0.3) is 5.82 Å². The number of alkyl halides is 3. The molecule has 6 nitrogen and oxygen atoms in total. The Morgan fingerprint density at radius 3 is 2.35 bits per heavy atom. The van der Waals surface area contributed by atoms with Crippen molar-refractivity contribution in [1.82, 2.24) is 19.7 Å². The summed E-state index contributed by atoms with van der Waals surface area (Å²) >= 11 is 0. The Morgan fingerprint density at radius 1 is 0.971 bits per heavy atom. The van der Waals surface area contributed by atoms with Crippen LogP contribution in [-0.2, 0) is 17.4 Å². The van der Waals surface area contributed by atoms with E-state index in [-0.39, 0.29) is 24.1 Å². The molecule has 3 heterocycles. The van der Waals surface area contributed by atoms with Gasteiger partial charge < -0.3 is 0 Å². The molecule has 34 heavy (non-hydrogen) atoms. The fourth-order valence-electron chi connectivity index (χ4n) is 3.77. The summed E-state index contributed by atoms with van der Waals surface area (Å²) in [6.45, 7) is 0. The molecule has 1 amide bonds. The zero-order valence-corrected chi connectivity index (χ0v) is 18.0. The van der Waals surface area contributed by atoms with Gasteiger partial charge in [-0.05, 0) is 55.3 Å². The molecule has 0 atom stereocenters. The predicted octanol–water partition coefficient (Wildman–Crippen LogP) is 5.47. The van der Waals surface area contributed by atoms with Gasteiger partial charge >= 0.3 is 6.18 Å². The number of anilines is 2. The first-order valence-electron chi connectivity index (χ1n) is 10.8. The Kier molecular flexibility index (Phi) is 5.61.